The van der Waals surface area contributed by atoms with E-state index in [4.69, 9.17) is 0 Å². The van der Waals surface area contributed by atoms with E-state index in [0.29, 0.717) is 22.3 Å². The molecule has 0 saturated heterocycles. The van der Waals surface area contributed by atoms with Gasteiger partial charge < -0.3 is 21.1 Å². The fourth-order valence-corrected chi connectivity index (χ4v) is 4.32. The fraction of sp³-hybridized carbons (Fsp3) is 0.286. The number of imidazole rings is 1. The lowest BCUT2D eigenvalue weighted by Crippen LogP contribution is -2.29. The van der Waals surface area contributed by atoms with Crippen LogP contribution in [0.3, 0.4) is 0 Å². The lowest BCUT2D eigenvalue weighted by Gasteiger charge is -2.26. The molecule has 4 heterocycles. The van der Waals surface area contributed by atoms with Gasteiger partial charge in [-0.15, -0.1) is 16.4 Å². The Morgan fingerprint density at radius 2 is 2.00 bits per heavy atom. The van der Waals surface area contributed by atoms with E-state index in [1.165, 1.54) is 34.3 Å². The number of rotatable bonds is 6. The monoisotopic (exact) mass is 468 g/mol. The number of carbonyl (C=O) groups is 1. The summed E-state index contributed by atoms with van der Waals surface area (Å²) in [5.74, 6) is -0.649. The average Bonchev–Trinajstić information content (AvgIpc) is 3.47. The second-order valence-corrected chi connectivity index (χ2v) is 8.64. The molecule has 4 aromatic heterocycles. The van der Waals surface area contributed by atoms with Gasteiger partial charge in [0.15, 0.2) is 22.3 Å². The highest BCUT2D eigenvalue weighted by atomic mass is 32.1. The first-order valence-corrected chi connectivity index (χ1v) is 11.4. The Kier molecular flexibility index (Phi) is 5.84. The third-order valence-corrected chi connectivity index (χ3v) is 6.13. The molecule has 0 spiro atoms. The molecule has 12 heteroatoms. The zero-order valence-electron chi connectivity index (χ0n) is 17.4. The largest absolute Gasteiger partial charge is 0.393 e. The second kappa shape index (κ2) is 9.08. The van der Waals surface area contributed by atoms with Crippen LogP contribution in [0.1, 0.15) is 36.2 Å². The first kappa shape index (κ1) is 21.2. The summed E-state index contributed by atoms with van der Waals surface area (Å²) in [5.41, 5.74) is 1.20. The number of aromatic nitrogens is 5. The molecule has 0 aromatic carbocycles. The highest BCUT2D eigenvalue weighted by molar-refractivity contribution is 7.13. The van der Waals surface area contributed by atoms with Crippen LogP contribution >= 0.6 is 11.3 Å². The van der Waals surface area contributed by atoms with E-state index in [1.807, 2.05) is 11.4 Å². The molecule has 4 aromatic rings. The van der Waals surface area contributed by atoms with Crippen LogP contribution in [0.5, 0.6) is 0 Å². The van der Waals surface area contributed by atoms with E-state index in [2.05, 4.69) is 36.0 Å². The third-order valence-electron chi connectivity index (χ3n) is 5.44. The van der Waals surface area contributed by atoms with E-state index >= 15 is 0 Å². The highest BCUT2D eigenvalue weighted by Crippen LogP contribution is 2.28. The minimum atomic E-state index is -0.638. The van der Waals surface area contributed by atoms with Gasteiger partial charge in [0.05, 0.1) is 29.9 Å². The van der Waals surface area contributed by atoms with Crippen molar-refractivity contribution in [3.05, 3.63) is 53.8 Å². The number of amides is 1. The molecule has 0 bridgehead atoms. The summed E-state index contributed by atoms with van der Waals surface area (Å²) in [6.07, 6.45) is 8.31. The summed E-state index contributed by atoms with van der Waals surface area (Å²) in [6, 6.07) is 3.35. The van der Waals surface area contributed by atoms with Gasteiger partial charge in [0.25, 0.3) is 5.91 Å². The zero-order valence-corrected chi connectivity index (χ0v) is 18.2. The van der Waals surface area contributed by atoms with E-state index in [1.54, 1.807) is 6.20 Å². The van der Waals surface area contributed by atoms with Crippen molar-refractivity contribution in [1.82, 2.24) is 24.6 Å². The molecule has 1 aliphatic rings. The van der Waals surface area contributed by atoms with Gasteiger partial charge in [-0.25, -0.2) is 18.9 Å². The predicted octanol–water partition coefficient (Wildman–Crippen LogP) is 3.43. The van der Waals surface area contributed by atoms with Crippen molar-refractivity contribution in [2.45, 2.75) is 37.8 Å². The number of carbonyl (C=O) groups excluding carboxylic acids is 1. The minimum absolute atomic E-state index is 0.0149. The topological polar surface area (TPSA) is 129 Å². The molecule has 0 radical (unpaired) electrons. The standard InChI is InChI=1S/C21H21FN8O2S/c22-14-10-23-6-5-15(14)27-20(32)17-11-25-19-16(28-21-24-7-8-33-21)9-18(29-30(17)19)26-12-1-3-13(31)4-2-12/h5-13,31H,1-4H2,(H,24,28)(H,26,29)(H,23,27,32). The van der Waals surface area contributed by atoms with Crippen LogP contribution in [-0.2, 0) is 0 Å². The Morgan fingerprint density at radius 3 is 2.76 bits per heavy atom. The van der Waals surface area contributed by atoms with Gasteiger partial charge in [0.1, 0.15) is 5.82 Å². The molecule has 33 heavy (non-hydrogen) atoms. The van der Waals surface area contributed by atoms with Crippen LogP contribution in [0.2, 0.25) is 0 Å². The maximum absolute atomic E-state index is 14.0. The Balaban J connectivity index is 1.49. The molecule has 0 atom stereocenters. The number of nitrogens with zero attached hydrogens (tertiary/aromatic N) is 5. The number of nitrogens with one attached hydrogen (secondary N) is 3. The van der Waals surface area contributed by atoms with Gasteiger partial charge in [0.2, 0.25) is 0 Å². The Morgan fingerprint density at radius 1 is 1.15 bits per heavy atom. The SMILES string of the molecule is O=C(Nc1ccncc1F)c1cnc2c(Nc3nccs3)cc(NC3CCC(O)CC3)nn12. The molecule has 1 saturated carbocycles. The summed E-state index contributed by atoms with van der Waals surface area (Å²) in [5, 5.41) is 26.1. The Bertz CT molecular complexity index is 1270. The molecule has 1 aliphatic carbocycles. The number of aliphatic hydroxyl groups excluding tert-OH is 1. The zero-order chi connectivity index (χ0) is 22.8. The molecular weight excluding hydrogens is 447 g/mol. The van der Waals surface area contributed by atoms with Gasteiger partial charge in [-0.1, -0.05) is 0 Å². The lowest BCUT2D eigenvalue weighted by molar-refractivity contribution is 0.101. The Hall–Kier alpha value is -3.64. The van der Waals surface area contributed by atoms with Crippen molar-refractivity contribution < 1.29 is 14.3 Å². The third kappa shape index (κ3) is 4.61. The maximum Gasteiger partial charge on any atom is 0.276 e. The fourth-order valence-electron chi connectivity index (χ4n) is 3.78. The van der Waals surface area contributed by atoms with Gasteiger partial charge in [-0.05, 0) is 31.7 Å². The number of thiazole rings is 1. The number of anilines is 4. The molecule has 4 N–H and O–H groups in total. The number of pyridine rings is 1. The first-order valence-electron chi connectivity index (χ1n) is 10.5. The van der Waals surface area contributed by atoms with Crippen LogP contribution in [0, 0.1) is 5.82 Å². The molecule has 1 amide bonds. The van der Waals surface area contributed by atoms with E-state index < -0.39 is 11.7 Å². The van der Waals surface area contributed by atoms with Gasteiger partial charge in [-0.2, -0.15) is 0 Å². The highest BCUT2D eigenvalue weighted by Gasteiger charge is 2.22. The summed E-state index contributed by atoms with van der Waals surface area (Å²) in [6.45, 7) is 0. The van der Waals surface area contributed by atoms with E-state index in [9.17, 15) is 14.3 Å². The molecule has 10 nitrogen and oxygen atoms in total. The predicted molar refractivity (Wildman–Crippen MR) is 122 cm³/mol. The van der Waals surface area contributed by atoms with Gasteiger partial charge >= 0.3 is 0 Å². The van der Waals surface area contributed by atoms with Crippen molar-refractivity contribution >= 4 is 45.2 Å². The normalized spacial score (nSPS) is 18.2. The number of fused-ring (bicyclic) bond motifs is 1. The summed E-state index contributed by atoms with van der Waals surface area (Å²) in [4.78, 5) is 25.2. The van der Waals surface area contributed by atoms with Crippen LogP contribution in [0.25, 0.3) is 5.65 Å². The molecule has 1 fully saturated rings. The van der Waals surface area contributed by atoms with E-state index in [-0.39, 0.29) is 23.5 Å². The Labute approximate surface area is 191 Å². The van der Waals surface area contributed by atoms with Crippen LogP contribution < -0.4 is 16.0 Å². The summed E-state index contributed by atoms with van der Waals surface area (Å²) in [7, 11) is 0. The van der Waals surface area contributed by atoms with Crippen LogP contribution in [-0.4, -0.2) is 47.7 Å². The van der Waals surface area contributed by atoms with Gasteiger partial charge in [-0.3, -0.25) is 9.78 Å². The molecular formula is C21H21FN8O2S. The summed E-state index contributed by atoms with van der Waals surface area (Å²) < 4.78 is 15.4. The van der Waals surface area contributed by atoms with Crippen molar-refractivity contribution in [3.8, 4) is 0 Å². The smallest absolute Gasteiger partial charge is 0.276 e. The average molecular weight is 469 g/mol. The van der Waals surface area contributed by atoms with Crippen molar-refractivity contribution in [1.29, 1.82) is 0 Å². The van der Waals surface area contributed by atoms with Crippen molar-refractivity contribution in [2.24, 2.45) is 0 Å². The maximum atomic E-state index is 14.0. The minimum Gasteiger partial charge on any atom is -0.393 e. The number of aliphatic hydroxyl groups is 1. The van der Waals surface area contributed by atoms with Crippen LogP contribution in [0.4, 0.5) is 26.7 Å². The number of hydrogen-bond donors (Lipinski definition) is 4. The molecule has 5 rings (SSSR count). The molecule has 0 aliphatic heterocycles. The summed E-state index contributed by atoms with van der Waals surface area (Å²) >= 11 is 1.43. The quantitative estimate of drug-likeness (QED) is 0.339. The van der Waals surface area contributed by atoms with Crippen LogP contribution in [0.15, 0.2) is 42.3 Å². The van der Waals surface area contributed by atoms with Crippen molar-refractivity contribution in [2.75, 3.05) is 16.0 Å². The number of hydrogen-bond acceptors (Lipinski definition) is 9. The molecule has 0 unspecified atom stereocenters. The van der Waals surface area contributed by atoms with Gasteiger partial charge in [0, 0.05) is 29.9 Å². The molecule has 170 valence electrons. The number of halogens is 1. The second-order valence-electron chi connectivity index (χ2n) is 7.74. The van der Waals surface area contributed by atoms with Crippen molar-refractivity contribution in [3.63, 3.8) is 0 Å². The lowest BCUT2D eigenvalue weighted by atomic mass is 9.93. The first-order chi connectivity index (χ1) is 16.1. The van der Waals surface area contributed by atoms with E-state index in [0.717, 1.165) is 31.9 Å².